The molecule has 0 spiro atoms. The molecule has 4 heterocycles. The maximum absolute atomic E-state index is 13.6. The summed E-state index contributed by atoms with van der Waals surface area (Å²) in [6.45, 7) is 4.15. The summed E-state index contributed by atoms with van der Waals surface area (Å²) < 4.78 is 55.7. The fourth-order valence-electron chi connectivity index (χ4n) is 2.96. The molecule has 0 bridgehead atoms. The van der Waals surface area contributed by atoms with Crippen LogP contribution in [0.25, 0.3) is 16.0 Å². The summed E-state index contributed by atoms with van der Waals surface area (Å²) in [4.78, 5) is 7.46. The minimum Gasteiger partial charge on any atom is -0.571 e. The van der Waals surface area contributed by atoms with E-state index in [4.69, 9.17) is 9.47 Å². The van der Waals surface area contributed by atoms with Crippen LogP contribution in [0.15, 0.2) is 41.7 Å². The average molecular weight is 458 g/mol. The third-order valence-corrected chi connectivity index (χ3v) is 5.53. The van der Waals surface area contributed by atoms with E-state index in [2.05, 4.69) is 19.8 Å². The van der Waals surface area contributed by atoms with Gasteiger partial charge in [-0.3, -0.25) is 4.68 Å². The number of ether oxygens (including phenoxy) is 2. The molecule has 0 amide bonds. The van der Waals surface area contributed by atoms with E-state index >= 15 is 0 Å². The Balaban J connectivity index is 0.00000256. The Bertz CT molecular complexity index is 1170. The van der Waals surface area contributed by atoms with Crippen molar-refractivity contribution in [1.82, 2.24) is 19.7 Å². The second-order valence-corrected chi connectivity index (χ2v) is 7.90. The molecular formula is C18H17FKN5O4S. The molecule has 0 radical (unpaired) electrons. The average Bonchev–Trinajstić information content (AvgIpc) is 3.13. The Morgan fingerprint density at radius 3 is 2.90 bits per heavy atom. The number of sulfonamides is 1. The molecule has 1 aliphatic rings. The maximum Gasteiger partial charge on any atom is 1.00 e. The van der Waals surface area contributed by atoms with Gasteiger partial charge in [0.25, 0.3) is 0 Å². The van der Waals surface area contributed by atoms with Crippen LogP contribution in [0.3, 0.4) is 0 Å². The molecule has 1 aliphatic heterocycles. The van der Waals surface area contributed by atoms with E-state index in [-0.39, 0.29) is 75.6 Å². The van der Waals surface area contributed by atoms with Gasteiger partial charge < -0.3 is 14.2 Å². The minimum absolute atomic E-state index is 0. The third-order valence-electron chi connectivity index (χ3n) is 4.23. The molecule has 0 N–H and O–H groups in total. The molecule has 0 aliphatic carbocycles. The molecule has 3 aromatic rings. The van der Waals surface area contributed by atoms with Crippen molar-refractivity contribution in [2.75, 3.05) is 13.2 Å². The van der Waals surface area contributed by atoms with Gasteiger partial charge in [0, 0.05) is 12.4 Å². The number of rotatable bonds is 5. The van der Waals surface area contributed by atoms with E-state index in [0.29, 0.717) is 18.1 Å². The van der Waals surface area contributed by atoms with E-state index in [9.17, 15) is 12.8 Å². The summed E-state index contributed by atoms with van der Waals surface area (Å²) in [5.74, 6) is -0.668. The number of hydrogen-bond donors (Lipinski definition) is 0. The van der Waals surface area contributed by atoms with E-state index in [1.54, 1.807) is 29.9 Å². The van der Waals surface area contributed by atoms with Crippen LogP contribution in [0, 0.1) is 5.82 Å². The molecule has 12 heteroatoms. The Hall–Kier alpha value is -1.57. The largest absolute Gasteiger partial charge is 1.00 e. The Morgan fingerprint density at radius 1 is 1.33 bits per heavy atom. The molecule has 4 rings (SSSR count). The zero-order valence-electron chi connectivity index (χ0n) is 16.6. The van der Waals surface area contributed by atoms with Crippen molar-refractivity contribution in [3.05, 3.63) is 47.3 Å². The van der Waals surface area contributed by atoms with E-state index in [1.165, 1.54) is 6.20 Å². The number of halogens is 1. The fraction of sp³-hybridized carbons (Fsp3) is 0.278. The van der Waals surface area contributed by atoms with Crippen molar-refractivity contribution in [2.45, 2.75) is 24.8 Å². The summed E-state index contributed by atoms with van der Waals surface area (Å²) >= 11 is 0. The van der Waals surface area contributed by atoms with Crippen LogP contribution in [-0.2, 0) is 10.0 Å². The quantitative estimate of drug-likeness (QED) is 0.505. The van der Waals surface area contributed by atoms with Gasteiger partial charge in [0.15, 0.2) is 0 Å². The van der Waals surface area contributed by atoms with Gasteiger partial charge in [-0.25, -0.2) is 22.8 Å². The van der Waals surface area contributed by atoms with E-state index < -0.39 is 20.7 Å². The standard InChI is InChI=1S/C18H17FN5O4S.K/c1-3-27-18-16(6-12(19)8-20-18)29(25,26)23-13-7-14-15-4-5-22-24(15)11(2)10-28-17(14)21-9-13;/h4-9,11H,3,10H2,1-2H3;/q-1;+1/t11-;/m0./s1. The first kappa shape index (κ1) is 23.1. The first-order valence-electron chi connectivity index (χ1n) is 8.82. The van der Waals surface area contributed by atoms with Crippen LogP contribution < -0.4 is 60.9 Å². The van der Waals surface area contributed by atoms with Crippen molar-refractivity contribution in [3.63, 3.8) is 0 Å². The van der Waals surface area contributed by atoms with E-state index in [0.717, 1.165) is 18.0 Å². The Morgan fingerprint density at radius 2 is 2.13 bits per heavy atom. The van der Waals surface area contributed by atoms with Crippen LogP contribution >= 0.6 is 0 Å². The predicted octanol–water partition coefficient (Wildman–Crippen LogP) is 0.229. The molecule has 9 nitrogen and oxygen atoms in total. The SMILES string of the molecule is CCOc1ncc(F)cc1S(=O)(=O)[N-]c1cnc2c(c1)-c1ccnn1[C@@H](C)CO2.[K+]. The number of nitrogens with zero attached hydrogens (tertiary/aromatic N) is 5. The van der Waals surface area contributed by atoms with Crippen LogP contribution in [-0.4, -0.2) is 41.4 Å². The molecule has 0 fully saturated rings. The summed E-state index contributed by atoms with van der Waals surface area (Å²) in [7, 11) is -4.30. The van der Waals surface area contributed by atoms with Crippen LogP contribution in [0.2, 0.25) is 0 Å². The first-order valence-corrected chi connectivity index (χ1v) is 10.3. The van der Waals surface area contributed by atoms with Crippen molar-refractivity contribution >= 4 is 15.7 Å². The molecule has 1 atom stereocenters. The third kappa shape index (κ3) is 4.53. The first-order chi connectivity index (χ1) is 13.9. The molecule has 152 valence electrons. The van der Waals surface area contributed by atoms with Gasteiger partial charge in [-0.1, -0.05) is 6.07 Å². The van der Waals surface area contributed by atoms with Crippen molar-refractivity contribution in [3.8, 4) is 23.0 Å². The number of aromatic nitrogens is 4. The topological polar surface area (TPSA) is 110 Å². The summed E-state index contributed by atoms with van der Waals surface area (Å²) in [6, 6.07) is 4.13. The maximum atomic E-state index is 13.6. The molecular weight excluding hydrogens is 440 g/mol. The summed E-state index contributed by atoms with van der Waals surface area (Å²) in [6.07, 6.45) is 3.81. The van der Waals surface area contributed by atoms with Crippen LogP contribution in [0.1, 0.15) is 19.9 Å². The van der Waals surface area contributed by atoms with Crippen LogP contribution in [0.5, 0.6) is 11.8 Å². The van der Waals surface area contributed by atoms with Gasteiger partial charge in [0.1, 0.15) is 27.3 Å². The Labute approximate surface area is 215 Å². The van der Waals surface area contributed by atoms with Gasteiger partial charge in [-0.2, -0.15) is 5.10 Å². The van der Waals surface area contributed by atoms with Gasteiger partial charge >= 0.3 is 51.4 Å². The molecule has 0 saturated heterocycles. The number of pyridine rings is 2. The van der Waals surface area contributed by atoms with Crippen molar-refractivity contribution in [1.29, 1.82) is 0 Å². The summed E-state index contributed by atoms with van der Waals surface area (Å²) in [5, 5.41) is 4.28. The molecule has 30 heavy (non-hydrogen) atoms. The minimum atomic E-state index is -4.30. The van der Waals surface area contributed by atoms with E-state index in [1.807, 2.05) is 6.92 Å². The monoisotopic (exact) mass is 457 g/mol. The normalized spacial score (nSPS) is 15.1. The fourth-order valence-corrected chi connectivity index (χ4v) is 4.03. The number of hydrogen-bond acceptors (Lipinski definition) is 7. The second-order valence-electron chi connectivity index (χ2n) is 6.32. The molecule has 0 aromatic carbocycles. The molecule has 0 unspecified atom stereocenters. The molecule has 3 aromatic heterocycles. The molecule has 0 saturated carbocycles. The zero-order valence-corrected chi connectivity index (χ0v) is 20.6. The smallest absolute Gasteiger partial charge is 0.571 e. The zero-order chi connectivity index (χ0) is 20.6. The number of fused-ring (bicyclic) bond motifs is 3. The predicted molar refractivity (Wildman–Crippen MR) is 101 cm³/mol. The van der Waals surface area contributed by atoms with Gasteiger partial charge in [0.2, 0.25) is 11.8 Å². The van der Waals surface area contributed by atoms with Crippen molar-refractivity contribution in [2.24, 2.45) is 0 Å². The van der Waals surface area contributed by atoms with Crippen molar-refractivity contribution < 1.29 is 73.7 Å². The van der Waals surface area contributed by atoms with Gasteiger partial charge in [-0.15, -0.1) is 5.69 Å². The summed E-state index contributed by atoms with van der Waals surface area (Å²) in [5.41, 5.74) is 1.35. The van der Waals surface area contributed by atoms with Gasteiger partial charge in [-0.05, 0) is 26.0 Å². The second kappa shape index (κ2) is 9.28. The Kier molecular flexibility index (Phi) is 7.15. The van der Waals surface area contributed by atoms with Crippen LogP contribution in [0.4, 0.5) is 10.1 Å². The van der Waals surface area contributed by atoms with Gasteiger partial charge in [0.05, 0.1) is 30.1 Å².